The van der Waals surface area contributed by atoms with Gasteiger partial charge < -0.3 is 10.5 Å². The van der Waals surface area contributed by atoms with E-state index in [0.717, 1.165) is 11.3 Å². The molecular weight excluding hydrogens is 314 g/mol. The summed E-state index contributed by atoms with van der Waals surface area (Å²) >= 11 is 0. The summed E-state index contributed by atoms with van der Waals surface area (Å²) in [7, 11) is 0. The summed E-state index contributed by atoms with van der Waals surface area (Å²) in [5.74, 6) is 0.0359. The molecule has 0 heterocycles. The van der Waals surface area contributed by atoms with E-state index in [1.807, 2.05) is 42.5 Å². The molecule has 0 aliphatic heterocycles. The van der Waals surface area contributed by atoms with Crippen LogP contribution in [0.1, 0.15) is 15.9 Å². The SMILES string of the molecule is NCc1ccc(C(=O)Oc2ccc(N=Nc3ccccc3)cc2)cc1. The molecule has 3 aromatic rings. The number of carbonyl (C=O) groups is 1. The van der Waals surface area contributed by atoms with E-state index in [4.69, 9.17) is 10.5 Å². The number of nitrogens with zero attached hydrogens (tertiary/aromatic N) is 2. The van der Waals surface area contributed by atoms with Gasteiger partial charge in [-0.2, -0.15) is 10.2 Å². The van der Waals surface area contributed by atoms with Gasteiger partial charge in [0.15, 0.2) is 0 Å². The average Bonchev–Trinajstić information content (AvgIpc) is 2.68. The molecule has 124 valence electrons. The molecule has 0 atom stereocenters. The van der Waals surface area contributed by atoms with Crippen molar-refractivity contribution in [3.05, 3.63) is 90.0 Å². The lowest BCUT2D eigenvalue weighted by atomic mass is 10.1. The molecule has 0 unspecified atom stereocenters. The first-order valence-electron chi connectivity index (χ1n) is 7.82. The van der Waals surface area contributed by atoms with Crippen LogP contribution < -0.4 is 10.5 Å². The van der Waals surface area contributed by atoms with E-state index in [9.17, 15) is 4.79 Å². The molecule has 0 saturated carbocycles. The Hall–Kier alpha value is -3.31. The predicted octanol–water partition coefficient (Wildman–Crippen LogP) is 4.78. The average molecular weight is 331 g/mol. The first-order chi connectivity index (χ1) is 12.2. The van der Waals surface area contributed by atoms with Crippen LogP contribution in [0.3, 0.4) is 0 Å². The highest BCUT2D eigenvalue weighted by atomic mass is 16.5. The second kappa shape index (κ2) is 7.99. The lowest BCUT2D eigenvalue weighted by molar-refractivity contribution is 0.0735. The van der Waals surface area contributed by atoms with Crippen LogP contribution in [-0.4, -0.2) is 5.97 Å². The van der Waals surface area contributed by atoms with E-state index in [1.165, 1.54) is 0 Å². The third kappa shape index (κ3) is 4.59. The largest absolute Gasteiger partial charge is 0.423 e. The van der Waals surface area contributed by atoms with Crippen molar-refractivity contribution in [1.82, 2.24) is 0 Å². The van der Waals surface area contributed by atoms with Crippen molar-refractivity contribution in [2.45, 2.75) is 6.54 Å². The summed E-state index contributed by atoms with van der Waals surface area (Å²) in [6.07, 6.45) is 0. The number of ether oxygens (including phenoxy) is 1. The zero-order chi connectivity index (χ0) is 17.5. The molecule has 0 amide bonds. The first kappa shape index (κ1) is 16.5. The van der Waals surface area contributed by atoms with E-state index < -0.39 is 5.97 Å². The number of nitrogens with two attached hydrogens (primary N) is 1. The Labute approximate surface area is 145 Å². The molecule has 0 aliphatic rings. The van der Waals surface area contributed by atoms with Crippen LogP contribution in [0, 0.1) is 0 Å². The maximum Gasteiger partial charge on any atom is 0.343 e. The van der Waals surface area contributed by atoms with E-state index in [-0.39, 0.29) is 0 Å². The maximum atomic E-state index is 12.1. The monoisotopic (exact) mass is 331 g/mol. The number of hydrogen-bond donors (Lipinski definition) is 1. The van der Waals surface area contributed by atoms with Crippen molar-refractivity contribution in [3.63, 3.8) is 0 Å². The zero-order valence-electron chi connectivity index (χ0n) is 13.5. The summed E-state index contributed by atoms with van der Waals surface area (Å²) < 4.78 is 5.35. The van der Waals surface area contributed by atoms with Crippen LogP contribution in [0.5, 0.6) is 5.75 Å². The van der Waals surface area contributed by atoms with Gasteiger partial charge in [-0.1, -0.05) is 30.3 Å². The molecule has 0 saturated heterocycles. The predicted molar refractivity (Wildman–Crippen MR) is 96.4 cm³/mol. The molecule has 2 N–H and O–H groups in total. The summed E-state index contributed by atoms with van der Waals surface area (Å²) in [6.45, 7) is 0.439. The molecule has 0 spiro atoms. The van der Waals surface area contributed by atoms with Crippen LogP contribution in [0.2, 0.25) is 0 Å². The van der Waals surface area contributed by atoms with Gasteiger partial charge in [0.1, 0.15) is 5.75 Å². The Balaban J connectivity index is 1.63. The number of benzene rings is 3. The van der Waals surface area contributed by atoms with Gasteiger partial charge in [-0.25, -0.2) is 4.79 Å². The van der Waals surface area contributed by atoms with Gasteiger partial charge in [0.25, 0.3) is 0 Å². The number of hydrogen-bond acceptors (Lipinski definition) is 5. The van der Waals surface area contributed by atoms with Crippen molar-refractivity contribution in [3.8, 4) is 5.75 Å². The molecule has 5 heteroatoms. The topological polar surface area (TPSA) is 77.0 Å². The van der Waals surface area contributed by atoms with Crippen molar-refractivity contribution < 1.29 is 9.53 Å². The van der Waals surface area contributed by atoms with Crippen molar-refractivity contribution >= 4 is 17.3 Å². The van der Waals surface area contributed by atoms with Crippen LogP contribution >= 0.6 is 0 Å². The minimum absolute atomic E-state index is 0.415. The number of azo groups is 1. The summed E-state index contributed by atoms with van der Waals surface area (Å²) in [6, 6.07) is 23.3. The minimum Gasteiger partial charge on any atom is -0.423 e. The van der Waals surface area contributed by atoms with Crippen LogP contribution in [0.25, 0.3) is 0 Å². The van der Waals surface area contributed by atoms with Crippen molar-refractivity contribution in [2.24, 2.45) is 16.0 Å². The Kier molecular flexibility index (Phi) is 5.29. The van der Waals surface area contributed by atoms with Gasteiger partial charge in [-0.15, -0.1) is 0 Å². The quantitative estimate of drug-likeness (QED) is 0.415. The Bertz CT molecular complexity index is 858. The lowest BCUT2D eigenvalue weighted by Gasteiger charge is -2.05. The molecule has 0 fully saturated rings. The molecule has 25 heavy (non-hydrogen) atoms. The van der Waals surface area contributed by atoms with Crippen molar-refractivity contribution in [1.29, 1.82) is 0 Å². The fourth-order valence-corrected chi connectivity index (χ4v) is 2.13. The highest BCUT2D eigenvalue weighted by molar-refractivity contribution is 5.91. The van der Waals surface area contributed by atoms with Crippen molar-refractivity contribution in [2.75, 3.05) is 0 Å². The number of esters is 1. The van der Waals surface area contributed by atoms with E-state index in [1.54, 1.807) is 36.4 Å². The lowest BCUT2D eigenvalue weighted by Crippen LogP contribution is -2.08. The molecule has 5 nitrogen and oxygen atoms in total. The summed E-state index contributed by atoms with van der Waals surface area (Å²) in [4.78, 5) is 12.1. The molecule has 0 aromatic heterocycles. The van der Waals surface area contributed by atoms with Gasteiger partial charge in [0.05, 0.1) is 16.9 Å². The molecule has 0 aliphatic carbocycles. The second-order valence-electron chi connectivity index (χ2n) is 5.32. The Morgan fingerprint density at radius 3 is 2.00 bits per heavy atom. The first-order valence-corrected chi connectivity index (χ1v) is 7.82. The maximum absolute atomic E-state index is 12.1. The van der Waals surface area contributed by atoms with Crippen LogP contribution in [0.15, 0.2) is 89.1 Å². The van der Waals surface area contributed by atoms with E-state index >= 15 is 0 Å². The van der Waals surface area contributed by atoms with E-state index in [0.29, 0.717) is 23.5 Å². The fourth-order valence-electron chi connectivity index (χ4n) is 2.13. The Morgan fingerprint density at radius 2 is 1.40 bits per heavy atom. The Morgan fingerprint density at radius 1 is 0.800 bits per heavy atom. The number of carbonyl (C=O) groups excluding carboxylic acids is 1. The van der Waals surface area contributed by atoms with Gasteiger partial charge in [-0.05, 0) is 54.1 Å². The standard InChI is InChI=1S/C20H17N3O2/c21-14-15-6-8-16(9-7-15)20(24)25-19-12-10-18(11-13-19)23-22-17-4-2-1-3-5-17/h1-13H,14,21H2. The summed E-state index contributed by atoms with van der Waals surface area (Å²) in [5, 5.41) is 8.28. The van der Waals surface area contributed by atoms with E-state index in [2.05, 4.69) is 10.2 Å². The second-order valence-corrected chi connectivity index (χ2v) is 5.32. The van der Waals surface area contributed by atoms with Gasteiger partial charge >= 0.3 is 5.97 Å². The summed E-state index contributed by atoms with van der Waals surface area (Å²) in [5.41, 5.74) is 8.44. The fraction of sp³-hybridized carbons (Fsp3) is 0.0500. The minimum atomic E-state index is -0.415. The molecule has 3 rings (SSSR count). The molecular formula is C20H17N3O2. The van der Waals surface area contributed by atoms with Crippen LogP contribution in [0.4, 0.5) is 11.4 Å². The van der Waals surface area contributed by atoms with Crippen LogP contribution in [-0.2, 0) is 6.54 Å². The van der Waals surface area contributed by atoms with Gasteiger partial charge in [-0.3, -0.25) is 0 Å². The molecule has 0 bridgehead atoms. The molecule has 3 aromatic carbocycles. The normalized spacial score (nSPS) is 10.8. The smallest absolute Gasteiger partial charge is 0.343 e. The number of rotatable bonds is 5. The highest BCUT2D eigenvalue weighted by Crippen LogP contribution is 2.21. The molecule has 0 radical (unpaired) electrons. The van der Waals surface area contributed by atoms with Gasteiger partial charge in [0.2, 0.25) is 0 Å². The zero-order valence-corrected chi connectivity index (χ0v) is 13.5. The highest BCUT2D eigenvalue weighted by Gasteiger charge is 2.08. The third-order valence-electron chi connectivity index (χ3n) is 3.51. The van der Waals surface area contributed by atoms with Gasteiger partial charge in [0, 0.05) is 6.54 Å². The third-order valence-corrected chi connectivity index (χ3v) is 3.51.